The van der Waals surface area contributed by atoms with Crippen LogP contribution in [0.3, 0.4) is 0 Å². The van der Waals surface area contributed by atoms with Gasteiger partial charge in [-0.1, -0.05) is 17.7 Å². The number of aromatic nitrogens is 3. The number of fused-ring (bicyclic) bond motifs is 1. The fourth-order valence-electron chi connectivity index (χ4n) is 2.23. The van der Waals surface area contributed by atoms with Crippen LogP contribution in [-0.2, 0) is 10.0 Å². The summed E-state index contributed by atoms with van der Waals surface area (Å²) in [5.74, 6) is -2.10. The minimum absolute atomic E-state index is 0.142. The molecule has 0 atom stereocenters. The van der Waals surface area contributed by atoms with E-state index in [1.54, 1.807) is 19.9 Å². The van der Waals surface area contributed by atoms with Crippen LogP contribution in [0.4, 0.5) is 14.5 Å². The van der Waals surface area contributed by atoms with Crippen molar-refractivity contribution >= 4 is 33.0 Å². The standard InChI is InChI=1S/C14H11ClF2N4O2S/c1-7-6-8(2)21-13(18-7)11(15)14(19-21)24(22,23)20-12-9(16)4-3-5-10(12)17/h3-6,20H,1-2H3. The van der Waals surface area contributed by atoms with Crippen LogP contribution in [-0.4, -0.2) is 23.0 Å². The minimum atomic E-state index is -4.41. The topological polar surface area (TPSA) is 76.4 Å². The van der Waals surface area contributed by atoms with Crippen molar-refractivity contribution in [2.45, 2.75) is 18.9 Å². The van der Waals surface area contributed by atoms with E-state index in [2.05, 4.69) is 10.1 Å². The first-order chi connectivity index (χ1) is 11.2. The number of aryl methyl sites for hydroxylation is 2. The Hall–Kier alpha value is -2.26. The third kappa shape index (κ3) is 2.69. The zero-order valence-electron chi connectivity index (χ0n) is 12.5. The molecule has 0 saturated carbocycles. The second-order valence-electron chi connectivity index (χ2n) is 5.10. The van der Waals surface area contributed by atoms with Gasteiger partial charge in [0, 0.05) is 11.4 Å². The molecular formula is C14H11ClF2N4O2S. The van der Waals surface area contributed by atoms with Gasteiger partial charge in [-0.05, 0) is 32.0 Å². The highest BCUT2D eigenvalue weighted by molar-refractivity contribution is 7.92. The molecule has 0 spiro atoms. The van der Waals surface area contributed by atoms with Crippen molar-refractivity contribution in [1.82, 2.24) is 14.6 Å². The Kier molecular flexibility index (Phi) is 3.92. The second-order valence-corrected chi connectivity index (χ2v) is 7.07. The number of para-hydroxylation sites is 1. The van der Waals surface area contributed by atoms with E-state index in [9.17, 15) is 17.2 Å². The Bertz CT molecular complexity index is 1050. The normalized spacial score (nSPS) is 11.9. The number of hydrogen-bond donors (Lipinski definition) is 1. The molecule has 0 aliphatic heterocycles. The van der Waals surface area contributed by atoms with Gasteiger partial charge in [0.25, 0.3) is 10.0 Å². The maximum atomic E-state index is 13.7. The van der Waals surface area contributed by atoms with Gasteiger partial charge < -0.3 is 0 Å². The van der Waals surface area contributed by atoms with Crippen LogP contribution in [0.25, 0.3) is 5.65 Å². The molecule has 1 N–H and O–H groups in total. The molecule has 0 amide bonds. The van der Waals surface area contributed by atoms with Gasteiger partial charge in [-0.25, -0.2) is 18.3 Å². The van der Waals surface area contributed by atoms with Crippen molar-refractivity contribution < 1.29 is 17.2 Å². The highest BCUT2D eigenvalue weighted by Crippen LogP contribution is 2.28. The summed E-state index contributed by atoms with van der Waals surface area (Å²) in [6.07, 6.45) is 0. The summed E-state index contributed by atoms with van der Waals surface area (Å²) in [6.45, 7) is 3.42. The Morgan fingerprint density at radius 3 is 2.46 bits per heavy atom. The highest BCUT2D eigenvalue weighted by atomic mass is 35.5. The van der Waals surface area contributed by atoms with Gasteiger partial charge in [0.05, 0.1) is 0 Å². The van der Waals surface area contributed by atoms with E-state index in [-0.39, 0.29) is 10.7 Å². The van der Waals surface area contributed by atoms with Crippen LogP contribution in [0.5, 0.6) is 0 Å². The number of nitrogens with one attached hydrogen (secondary N) is 1. The number of anilines is 1. The number of benzene rings is 1. The molecule has 0 saturated heterocycles. The molecule has 2 heterocycles. The molecule has 24 heavy (non-hydrogen) atoms. The molecule has 3 rings (SSSR count). The minimum Gasteiger partial charge on any atom is -0.272 e. The number of halogens is 3. The molecule has 0 aliphatic rings. The van der Waals surface area contributed by atoms with Gasteiger partial charge in [-0.15, -0.1) is 0 Å². The van der Waals surface area contributed by atoms with Crippen molar-refractivity contribution in [3.05, 3.63) is 52.3 Å². The van der Waals surface area contributed by atoms with Crippen LogP contribution < -0.4 is 4.72 Å². The Balaban J connectivity index is 2.16. The van der Waals surface area contributed by atoms with Crippen LogP contribution in [0, 0.1) is 25.5 Å². The van der Waals surface area contributed by atoms with Crippen molar-refractivity contribution in [2.75, 3.05) is 4.72 Å². The smallest absolute Gasteiger partial charge is 0.272 e. The maximum absolute atomic E-state index is 13.7. The van der Waals surface area contributed by atoms with Crippen molar-refractivity contribution in [1.29, 1.82) is 0 Å². The second kappa shape index (κ2) is 5.67. The number of hydrogen-bond acceptors (Lipinski definition) is 4. The maximum Gasteiger partial charge on any atom is 0.283 e. The zero-order chi connectivity index (χ0) is 17.6. The fourth-order valence-corrected chi connectivity index (χ4v) is 3.77. The van der Waals surface area contributed by atoms with E-state index >= 15 is 0 Å². The van der Waals surface area contributed by atoms with Gasteiger partial charge in [0.1, 0.15) is 22.3 Å². The fraction of sp³-hybridized carbons (Fsp3) is 0.143. The SMILES string of the molecule is Cc1cc(C)n2nc(S(=O)(=O)Nc3c(F)cccc3F)c(Cl)c2n1. The van der Waals surface area contributed by atoms with E-state index in [1.165, 1.54) is 4.52 Å². The highest BCUT2D eigenvalue weighted by Gasteiger charge is 2.27. The summed E-state index contributed by atoms with van der Waals surface area (Å²) in [7, 11) is -4.41. The lowest BCUT2D eigenvalue weighted by atomic mass is 10.3. The summed E-state index contributed by atoms with van der Waals surface area (Å²) >= 11 is 6.08. The zero-order valence-corrected chi connectivity index (χ0v) is 14.1. The predicted octanol–water partition coefficient (Wildman–Crippen LogP) is 3.08. The number of rotatable bonds is 3. The third-order valence-corrected chi connectivity index (χ3v) is 4.99. The molecule has 2 aromatic heterocycles. The average molecular weight is 373 g/mol. The third-order valence-electron chi connectivity index (χ3n) is 3.26. The monoisotopic (exact) mass is 372 g/mol. The summed E-state index contributed by atoms with van der Waals surface area (Å²) in [4.78, 5) is 4.14. The van der Waals surface area contributed by atoms with Gasteiger partial charge >= 0.3 is 0 Å². The average Bonchev–Trinajstić information content (AvgIpc) is 2.82. The van der Waals surface area contributed by atoms with E-state index in [0.29, 0.717) is 11.4 Å². The first-order valence-electron chi connectivity index (χ1n) is 6.70. The van der Waals surface area contributed by atoms with Crippen LogP contribution in [0.15, 0.2) is 29.3 Å². The molecule has 0 aliphatic carbocycles. The molecule has 0 fully saturated rings. The lowest BCUT2D eigenvalue weighted by Gasteiger charge is -2.07. The van der Waals surface area contributed by atoms with E-state index in [1.807, 2.05) is 4.72 Å². The Morgan fingerprint density at radius 2 is 1.83 bits per heavy atom. The molecule has 0 unspecified atom stereocenters. The summed E-state index contributed by atoms with van der Waals surface area (Å²) in [5, 5.41) is 3.11. The van der Waals surface area contributed by atoms with Crippen molar-refractivity contribution in [2.24, 2.45) is 0 Å². The Morgan fingerprint density at radius 1 is 1.21 bits per heavy atom. The summed E-state index contributed by atoms with van der Waals surface area (Å²) in [6, 6.07) is 4.68. The van der Waals surface area contributed by atoms with Crippen LogP contribution >= 0.6 is 11.6 Å². The van der Waals surface area contributed by atoms with E-state index in [0.717, 1.165) is 18.2 Å². The summed E-state index contributed by atoms with van der Waals surface area (Å²) < 4.78 is 55.4. The molecule has 126 valence electrons. The van der Waals surface area contributed by atoms with E-state index < -0.39 is 32.4 Å². The first kappa shape index (κ1) is 16.6. The predicted molar refractivity (Wildman–Crippen MR) is 84.6 cm³/mol. The van der Waals surface area contributed by atoms with E-state index in [4.69, 9.17) is 11.6 Å². The van der Waals surface area contributed by atoms with Crippen LogP contribution in [0.2, 0.25) is 5.02 Å². The molecule has 0 bridgehead atoms. The largest absolute Gasteiger partial charge is 0.283 e. The molecule has 0 radical (unpaired) electrons. The quantitative estimate of drug-likeness (QED) is 0.766. The molecule has 3 aromatic rings. The lowest BCUT2D eigenvalue weighted by molar-refractivity contribution is 0.581. The Labute approximate surface area is 141 Å². The number of nitrogens with zero attached hydrogens (tertiary/aromatic N) is 3. The summed E-state index contributed by atoms with van der Waals surface area (Å²) in [5.41, 5.74) is 0.576. The van der Waals surface area contributed by atoms with Crippen molar-refractivity contribution in [3.8, 4) is 0 Å². The van der Waals surface area contributed by atoms with Gasteiger partial charge in [-0.3, -0.25) is 4.72 Å². The first-order valence-corrected chi connectivity index (χ1v) is 8.56. The molecule has 6 nitrogen and oxygen atoms in total. The lowest BCUT2D eigenvalue weighted by Crippen LogP contribution is -2.16. The molecule has 10 heteroatoms. The van der Waals surface area contributed by atoms with Gasteiger partial charge in [-0.2, -0.15) is 13.5 Å². The van der Waals surface area contributed by atoms with Crippen LogP contribution in [0.1, 0.15) is 11.4 Å². The molecular weight excluding hydrogens is 362 g/mol. The number of sulfonamides is 1. The molecule has 1 aromatic carbocycles. The van der Waals surface area contributed by atoms with Gasteiger partial charge in [0.2, 0.25) is 5.03 Å². The van der Waals surface area contributed by atoms with Crippen molar-refractivity contribution in [3.63, 3.8) is 0 Å². The van der Waals surface area contributed by atoms with Gasteiger partial charge in [0.15, 0.2) is 5.65 Å².